The molecule has 0 amide bonds. The van der Waals surface area contributed by atoms with E-state index < -0.39 is 0 Å². The number of hydrogen-bond donors (Lipinski definition) is 1. The largest absolute Gasteiger partial charge is 0.318 e. The highest BCUT2D eigenvalue weighted by Crippen LogP contribution is 2.14. The van der Waals surface area contributed by atoms with E-state index >= 15 is 0 Å². The van der Waals surface area contributed by atoms with E-state index in [9.17, 15) is 0 Å². The molecule has 0 heterocycles. The fourth-order valence-electron chi connectivity index (χ4n) is 1.55. The third-order valence-corrected chi connectivity index (χ3v) is 2.59. The molecule has 2 aromatic rings. The molecule has 80 valence electrons. The van der Waals surface area contributed by atoms with Gasteiger partial charge >= 0.3 is 0 Å². The molecule has 1 unspecified atom stereocenters. The zero-order chi connectivity index (χ0) is 11.4. The van der Waals surface area contributed by atoms with Crippen LogP contribution in [0.4, 0.5) is 0 Å². The van der Waals surface area contributed by atoms with Crippen molar-refractivity contribution < 1.29 is 0 Å². The Labute approximate surface area is 96.3 Å². The first kappa shape index (κ1) is 10.7. The minimum atomic E-state index is -0.0218. The topological polar surface area (TPSA) is 26.0 Å². The molecule has 0 bridgehead atoms. The Kier molecular flexibility index (Phi) is 3.24. The Morgan fingerprint density at radius 3 is 2.62 bits per heavy atom. The summed E-state index contributed by atoms with van der Waals surface area (Å²) in [4.78, 5) is 0. The molecule has 0 aliphatic carbocycles. The van der Waals surface area contributed by atoms with Crippen LogP contribution >= 0.6 is 0 Å². The molecule has 2 N–H and O–H groups in total. The highest BCUT2D eigenvalue weighted by Gasteiger charge is 1.94. The average Bonchev–Trinajstić information content (AvgIpc) is 2.35. The van der Waals surface area contributed by atoms with Crippen molar-refractivity contribution in [2.24, 2.45) is 5.73 Å². The summed E-state index contributed by atoms with van der Waals surface area (Å²) in [6.07, 6.45) is 0.889. The van der Waals surface area contributed by atoms with E-state index in [-0.39, 0.29) is 6.04 Å². The van der Waals surface area contributed by atoms with Gasteiger partial charge in [0.15, 0.2) is 0 Å². The van der Waals surface area contributed by atoms with Gasteiger partial charge in [0.05, 0.1) is 6.04 Å². The SMILES string of the molecule is CCC(N)C#Cc1ccc2ccccc2c1. The molecule has 0 saturated carbocycles. The number of hydrogen-bond acceptors (Lipinski definition) is 1. The van der Waals surface area contributed by atoms with Crippen molar-refractivity contribution in [3.8, 4) is 11.8 Å². The van der Waals surface area contributed by atoms with Crippen LogP contribution in [0.2, 0.25) is 0 Å². The zero-order valence-corrected chi connectivity index (χ0v) is 9.40. The monoisotopic (exact) mass is 209 g/mol. The Hall–Kier alpha value is -1.78. The lowest BCUT2D eigenvalue weighted by Gasteiger charge is -1.98. The summed E-state index contributed by atoms with van der Waals surface area (Å²) in [5.74, 6) is 6.15. The second kappa shape index (κ2) is 4.83. The molecule has 2 aromatic carbocycles. The highest BCUT2D eigenvalue weighted by atomic mass is 14.6. The van der Waals surface area contributed by atoms with Crippen LogP contribution in [0, 0.1) is 11.8 Å². The van der Waals surface area contributed by atoms with Gasteiger partial charge in [-0.2, -0.15) is 0 Å². The zero-order valence-electron chi connectivity index (χ0n) is 9.40. The molecule has 0 aromatic heterocycles. The van der Waals surface area contributed by atoms with Gasteiger partial charge in [0, 0.05) is 5.56 Å². The maximum Gasteiger partial charge on any atom is 0.0665 e. The molecule has 0 saturated heterocycles. The standard InChI is InChI=1S/C15H15N/c1-2-15(16)10-8-12-7-9-13-5-3-4-6-14(13)11-12/h3-7,9,11,15H,2,16H2,1H3. The fourth-order valence-corrected chi connectivity index (χ4v) is 1.55. The van der Waals surface area contributed by atoms with Crippen molar-refractivity contribution in [3.63, 3.8) is 0 Å². The molecule has 1 nitrogen and oxygen atoms in total. The first-order valence-corrected chi connectivity index (χ1v) is 5.55. The van der Waals surface area contributed by atoms with Crippen molar-refractivity contribution in [1.82, 2.24) is 0 Å². The molecule has 1 heteroatoms. The normalized spacial score (nSPS) is 11.9. The molecule has 0 aliphatic rings. The minimum Gasteiger partial charge on any atom is -0.318 e. The molecule has 0 aliphatic heterocycles. The van der Waals surface area contributed by atoms with Crippen molar-refractivity contribution in [3.05, 3.63) is 48.0 Å². The molecule has 1 atom stereocenters. The minimum absolute atomic E-state index is 0.0218. The van der Waals surface area contributed by atoms with Crippen LogP contribution in [0.5, 0.6) is 0 Å². The van der Waals surface area contributed by atoms with Crippen LogP contribution in [-0.4, -0.2) is 6.04 Å². The first-order chi connectivity index (χ1) is 7.79. The third-order valence-electron chi connectivity index (χ3n) is 2.59. The predicted molar refractivity (Wildman–Crippen MR) is 69.1 cm³/mol. The molecule has 0 fully saturated rings. The third kappa shape index (κ3) is 2.42. The average molecular weight is 209 g/mol. The quantitative estimate of drug-likeness (QED) is 0.718. The van der Waals surface area contributed by atoms with Crippen molar-refractivity contribution >= 4 is 10.8 Å². The van der Waals surface area contributed by atoms with Gasteiger partial charge in [-0.05, 0) is 29.3 Å². The van der Waals surface area contributed by atoms with Gasteiger partial charge in [-0.3, -0.25) is 0 Å². The van der Waals surface area contributed by atoms with E-state index in [2.05, 4.69) is 36.1 Å². The highest BCUT2D eigenvalue weighted by molar-refractivity contribution is 5.83. The van der Waals surface area contributed by atoms with E-state index in [1.165, 1.54) is 10.8 Å². The van der Waals surface area contributed by atoms with Crippen LogP contribution < -0.4 is 5.73 Å². The molecule has 16 heavy (non-hydrogen) atoms. The number of benzene rings is 2. The lowest BCUT2D eigenvalue weighted by Crippen LogP contribution is -2.15. The van der Waals surface area contributed by atoms with Gasteiger partial charge in [0.1, 0.15) is 0 Å². The maximum absolute atomic E-state index is 5.76. The number of fused-ring (bicyclic) bond motifs is 1. The van der Waals surface area contributed by atoms with Gasteiger partial charge in [0.25, 0.3) is 0 Å². The van der Waals surface area contributed by atoms with Crippen LogP contribution in [-0.2, 0) is 0 Å². The number of nitrogens with two attached hydrogens (primary N) is 1. The van der Waals surface area contributed by atoms with E-state index in [0.29, 0.717) is 0 Å². The molecular weight excluding hydrogens is 194 g/mol. The van der Waals surface area contributed by atoms with Gasteiger partial charge in [0.2, 0.25) is 0 Å². The lowest BCUT2D eigenvalue weighted by molar-refractivity contribution is 0.806. The summed E-state index contributed by atoms with van der Waals surface area (Å²) in [5.41, 5.74) is 6.79. The van der Waals surface area contributed by atoms with E-state index in [1.807, 2.05) is 25.1 Å². The molecule has 0 radical (unpaired) electrons. The Morgan fingerprint density at radius 2 is 1.88 bits per heavy atom. The van der Waals surface area contributed by atoms with Crippen molar-refractivity contribution in [1.29, 1.82) is 0 Å². The Bertz CT molecular complexity index is 546. The summed E-state index contributed by atoms with van der Waals surface area (Å²) in [6, 6.07) is 14.5. The molecular formula is C15H15N. The molecule has 2 rings (SSSR count). The second-order valence-corrected chi connectivity index (χ2v) is 3.85. The van der Waals surface area contributed by atoms with Crippen LogP contribution in [0.3, 0.4) is 0 Å². The maximum atomic E-state index is 5.76. The van der Waals surface area contributed by atoms with Gasteiger partial charge in [-0.25, -0.2) is 0 Å². The van der Waals surface area contributed by atoms with E-state index in [1.54, 1.807) is 0 Å². The Morgan fingerprint density at radius 1 is 1.12 bits per heavy atom. The van der Waals surface area contributed by atoms with Gasteiger partial charge in [-0.15, -0.1) is 0 Å². The van der Waals surface area contributed by atoms with Crippen LogP contribution in [0.1, 0.15) is 18.9 Å². The van der Waals surface area contributed by atoms with E-state index in [4.69, 9.17) is 5.73 Å². The lowest BCUT2D eigenvalue weighted by atomic mass is 10.1. The predicted octanol–water partition coefficient (Wildman–Crippen LogP) is 2.93. The summed E-state index contributed by atoms with van der Waals surface area (Å²) >= 11 is 0. The van der Waals surface area contributed by atoms with Gasteiger partial charge in [-0.1, -0.05) is 49.1 Å². The van der Waals surface area contributed by atoms with Crippen LogP contribution in [0.25, 0.3) is 10.8 Å². The fraction of sp³-hybridized carbons (Fsp3) is 0.200. The van der Waals surface area contributed by atoms with Crippen molar-refractivity contribution in [2.45, 2.75) is 19.4 Å². The van der Waals surface area contributed by atoms with Crippen molar-refractivity contribution in [2.75, 3.05) is 0 Å². The Balaban J connectivity index is 2.35. The summed E-state index contributed by atoms with van der Waals surface area (Å²) in [7, 11) is 0. The smallest absolute Gasteiger partial charge is 0.0665 e. The first-order valence-electron chi connectivity index (χ1n) is 5.55. The summed E-state index contributed by atoms with van der Waals surface area (Å²) in [5, 5.41) is 2.47. The van der Waals surface area contributed by atoms with E-state index in [0.717, 1.165) is 12.0 Å². The second-order valence-electron chi connectivity index (χ2n) is 3.85. The number of rotatable bonds is 1. The summed E-state index contributed by atoms with van der Waals surface area (Å²) < 4.78 is 0. The summed E-state index contributed by atoms with van der Waals surface area (Å²) in [6.45, 7) is 2.04. The molecule has 0 spiro atoms. The van der Waals surface area contributed by atoms with Crippen LogP contribution in [0.15, 0.2) is 42.5 Å². The van der Waals surface area contributed by atoms with Gasteiger partial charge < -0.3 is 5.73 Å².